The molecule has 1 aliphatic carbocycles. The highest BCUT2D eigenvalue weighted by atomic mass is 15.1. The van der Waals surface area contributed by atoms with Crippen molar-refractivity contribution in [2.75, 3.05) is 0 Å². The molecule has 6 rings (SSSR count). The van der Waals surface area contributed by atoms with E-state index in [1.807, 2.05) is 18.6 Å². The molecule has 26 heavy (non-hydrogen) atoms. The Bertz CT molecular complexity index is 1290. The molecule has 126 valence electrons. The second kappa shape index (κ2) is 5.14. The van der Waals surface area contributed by atoms with Gasteiger partial charge >= 0.3 is 0 Å². The summed E-state index contributed by atoms with van der Waals surface area (Å²) in [5.74, 6) is 0. The molecule has 0 fully saturated rings. The number of rotatable bonds is 1. The first-order valence-corrected chi connectivity index (χ1v) is 9.09. The van der Waals surface area contributed by atoms with Crippen LogP contribution in [0.5, 0.6) is 0 Å². The van der Waals surface area contributed by atoms with Crippen molar-refractivity contribution in [2.45, 2.75) is 25.7 Å². The second-order valence-corrected chi connectivity index (χ2v) is 7.07. The number of nitrogens with one attached hydrogen (secondary N) is 2. The summed E-state index contributed by atoms with van der Waals surface area (Å²) in [6.45, 7) is 0. The maximum Gasteiger partial charge on any atom is 0.159 e. The van der Waals surface area contributed by atoms with Gasteiger partial charge in [0.1, 0.15) is 0 Å². The highest BCUT2D eigenvalue weighted by Gasteiger charge is 2.20. The van der Waals surface area contributed by atoms with Crippen LogP contribution in [0.4, 0.5) is 0 Å². The summed E-state index contributed by atoms with van der Waals surface area (Å²) in [5, 5.41) is 10.8. The molecule has 4 aromatic heterocycles. The molecular weight excluding hydrogens is 322 g/mol. The number of aromatic amines is 2. The number of pyridine rings is 2. The fourth-order valence-corrected chi connectivity index (χ4v) is 4.39. The Hall–Kier alpha value is -3.21. The fraction of sp³-hybridized carbons (Fsp3) is 0.190. The highest BCUT2D eigenvalue weighted by molar-refractivity contribution is 6.06. The lowest BCUT2D eigenvalue weighted by Gasteiger charge is -2.22. The maximum absolute atomic E-state index is 4.54. The van der Waals surface area contributed by atoms with Crippen molar-refractivity contribution in [1.29, 1.82) is 0 Å². The largest absolute Gasteiger partial charge is 0.353 e. The number of fused-ring (bicyclic) bond motifs is 6. The second-order valence-electron chi connectivity index (χ2n) is 7.07. The van der Waals surface area contributed by atoms with Gasteiger partial charge in [0.15, 0.2) is 5.65 Å². The van der Waals surface area contributed by atoms with Gasteiger partial charge in [0.25, 0.3) is 0 Å². The Labute approximate surface area is 149 Å². The molecule has 0 radical (unpaired) electrons. The summed E-state index contributed by atoms with van der Waals surface area (Å²) < 4.78 is 0. The molecule has 0 bridgehead atoms. The monoisotopic (exact) mass is 339 g/mol. The molecule has 0 saturated carbocycles. The first-order valence-electron chi connectivity index (χ1n) is 9.09. The Morgan fingerprint density at radius 3 is 2.77 bits per heavy atom. The van der Waals surface area contributed by atoms with Crippen LogP contribution in [-0.2, 0) is 12.8 Å². The topological polar surface area (TPSA) is 70.2 Å². The van der Waals surface area contributed by atoms with Gasteiger partial charge in [-0.1, -0.05) is 6.07 Å². The summed E-state index contributed by atoms with van der Waals surface area (Å²) in [6, 6.07) is 8.57. The van der Waals surface area contributed by atoms with Crippen molar-refractivity contribution < 1.29 is 0 Å². The standard InChI is InChI=1S/C21H17N5/c1-2-4-15-14(3-1)19-16-7-8-22-21(16)23-11-18(19)25-20(15)12-5-6-17-13(9-12)10-24-26-17/h5-11,25H,1-4H2,(H,24,26). The van der Waals surface area contributed by atoms with Crippen molar-refractivity contribution in [1.82, 2.24) is 25.1 Å². The van der Waals surface area contributed by atoms with Crippen molar-refractivity contribution >= 4 is 32.8 Å². The van der Waals surface area contributed by atoms with Crippen LogP contribution in [0.25, 0.3) is 44.1 Å². The van der Waals surface area contributed by atoms with E-state index in [4.69, 9.17) is 0 Å². The van der Waals surface area contributed by atoms with Crippen molar-refractivity contribution in [3.8, 4) is 11.3 Å². The van der Waals surface area contributed by atoms with E-state index in [1.165, 1.54) is 40.6 Å². The van der Waals surface area contributed by atoms with Gasteiger partial charge in [-0.3, -0.25) is 5.10 Å². The van der Waals surface area contributed by atoms with E-state index in [2.05, 4.69) is 49.4 Å². The molecule has 0 amide bonds. The number of nitrogens with zero attached hydrogens (tertiary/aromatic N) is 3. The molecule has 2 N–H and O–H groups in total. The minimum absolute atomic E-state index is 0.839. The molecular formula is C21H17N5. The quantitative estimate of drug-likeness (QED) is 0.471. The zero-order valence-electron chi connectivity index (χ0n) is 14.2. The number of aryl methyl sites for hydroxylation is 1. The summed E-state index contributed by atoms with van der Waals surface area (Å²) in [5.41, 5.74) is 8.33. The van der Waals surface area contributed by atoms with Crippen molar-refractivity contribution in [3.05, 3.63) is 54.0 Å². The molecule has 5 heteroatoms. The molecule has 1 aliphatic rings. The summed E-state index contributed by atoms with van der Waals surface area (Å²) >= 11 is 0. The van der Waals surface area contributed by atoms with Crippen molar-refractivity contribution in [2.24, 2.45) is 0 Å². The number of hydrogen-bond acceptors (Lipinski definition) is 3. The van der Waals surface area contributed by atoms with Crippen LogP contribution < -0.4 is 0 Å². The van der Waals surface area contributed by atoms with Gasteiger partial charge in [-0.15, -0.1) is 0 Å². The average molecular weight is 339 g/mol. The lowest BCUT2D eigenvalue weighted by atomic mass is 9.86. The van der Waals surface area contributed by atoms with Gasteiger partial charge in [-0.25, -0.2) is 9.97 Å². The van der Waals surface area contributed by atoms with Crippen LogP contribution in [0.3, 0.4) is 0 Å². The Morgan fingerprint density at radius 1 is 0.885 bits per heavy atom. The third-order valence-electron chi connectivity index (χ3n) is 5.59. The third kappa shape index (κ3) is 1.88. The maximum atomic E-state index is 4.54. The van der Waals surface area contributed by atoms with Gasteiger partial charge in [0, 0.05) is 28.0 Å². The van der Waals surface area contributed by atoms with Crippen LogP contribution in [-0.4, -0.2) is 25.1 Å². The number of hydrogen-bond donors (Lipinski definition) is 2. The zero-order chi connectivity index (χ0) is 17.1. The van der Waals surface area contributed by atoms with Crippen LogP contribution >= 0.6 is 0 Å². The van der Waals surface area contributed by atoms with E-state index >= 15 is 0 Å². The molecule has 0 atom stereocenters. The lowest BCUT2D eigenvalue weighted by Crippen LogP contribution is -2.08. The fourth-order valence-electron chi connectivity index (χ4n) is 4.39. The predicted octanol–water partition coefficient (Wildman–Crippen LogP) is 4.53. The smallest absolute Gasteiger partial charge is 0.159 e. The zero-order valence-corrected chi connectivity index (χ0v) is 14.2. The van der Waals surface area contributed by atoms with E-state index in [-0.39, 0.29) is 0 Å². The summed E-state index contributed by atoms with van der Waals surface area (Å²) in [6.07, 6.45) is 10.4. The average Bonchev–Trinajstić information content (AvgIpc) is 3.35. The van der Waals surface area contributed by atoms with Crippen LogP contribution in [0.2, 0.25) is 0 Å². The number of aromatic nitrogens is 5. The van der Waals surface area contributed by atoms with Gasteiger partial charge in [0.2, 0.25) is 0 Å². The first-order chi connectivity index (χ1) is 12.9. The Morgan fingerprint density at radius 2 is 1.81 bits per heavy atom. The molecule has 5 aromatic rings. The van der Waals surface area contributed by atoms with Gasteiger partial charge in [-0.2, -0.15) is 5.10 Å². The van der Waals surface area contributed by atoms with E-state index in [9.17, 15) is 0 Å². The van der Waals surface area contributed by atoms with Crippen LogP contribution in [0.1, 0.15) is 24.0 Å². The third-order valence-corrected chi connectivity index (χ3v) is 5.59. The van der Waals surface area contributed by atoms with E-state index < -0.39 is 0 Å². The normalized spacial score (nSPS) is 14.3. The minimum Gasteiger partial charge on any atom is -0.353 e. The Balaban J connectivity index is 1.71. The van der Waals surface area contributed by atoms with Crippen LogP contribution in [0.15, 0.2) is 42.9 Å². The SMILES string of the molecule is c1cc2c(n1)ncc1[nH]c(-c3ccc4[nH]ncc4c3)c3c(c12)CCCC3. The molecule has 0 aliphatic heterocycles. The minimum atomic E-state index is 0.839. The first kappa shape index (κ1) is 14.0. The molecule has 4 heterocycles. The van der Waals surface area contributed by atoms with E-state index in [1.54, 1.807) is 0 Å². The lowest BCUT2D eigenvalue weighted by molar-refractivity contribution is 0.689. The van der Waals surface area contributed by atoms with Gasteiger partial charge in [-0.05, 0) is 60.6 Å². The molecule has 5 nitrogen and oxygen atoms in total. The number of H-pyrrole nitrogens is 2. The molecule has 1 aromatic carbocycles. The van der Waals surface area contributed by atoms with Crippen molar-refractivity contribution in [3.63, 3.8) is 0 Å². The summed E-state index contributed by atoms with van der Waals surface area (Å²) in [4.78, 5) is 12.6. The van der Waals surface area contributed by atoms with E-state index in [0.29, 0.717) is 0 Å². The van der Waals surface area contributed by atoms with Gasteiger partial charge in [0.05, 0.1) is 23.4 Å². The highest BCUT2D eigenvalue weighted by Crippen LogP contribution is 2.37. The molecule has 0 unspecified atom stereocenters. The van der Waals surface area contributed by atoms with E-state index in [0.717, 1.165) is 40.3 Å². The number of benzene rings is 1. The molecule has 0 saturated heterocycles. The Kier molecular flexibility index (Phi) is 2.77. The van der Waals surface area contributed by atoms with Gasteiger partial charge < -0.3 is 4.98 Å². The predicted molar refractivity (Wildman–Crippen MR) is 103 cm³/mol. The molecule has 0 spiro atoms. The van der Waals surface area contributed by atoms with Crippen LogP contribution in [0, 0.1) is 0 Å². The summed E-state index contributed by atoms with van der Waals surface area (Å²) in [7, 11) is 0.